The van der Waals surface area contributed by atoms with Crippen LogP contribution in [0.2, 0.25) is 0 Å². The first-order valence-electron chi connectivity index (χ1n) is 5.66. The summed E-state index contributed by atoms with van der Waals surface area (Å²) in [6.45, 7) is 0.802. The third-order valence-electron chi connectivity index (χ3n) is 2.77. The van der Waals surface area contributed by atoms with Crippen molar-refractivity contribution in [1.82, 2.24) is 0 Å². The standard InChI is InChI=1S/C11H22N2O4.2ClH/c1-16-9(14)11(5-3-7-12,6-4-8-13)10(15)17-2;;/h3-8,12-13H2,1-2H3;2*1H. The lowest BCUT2D eigenvalue weighted by Crippen LogP contribution is -2.42. The van der Waals surface area contributed by atoms with E-state index in [1.165, 1.54) is 14.2 Å². The molecule has 0 aliphatic heterocycles. The SMILES string of the molecule is COC(=O)C(CCCN)(CCCN)C(=O)OC.Cl.Cl. The highest BCUT2D eigenvalue weighted by atomic mass is 35.5. The third kappa shape index (κ3) is 6.42. The molecule has 0 saturated heterocycles. The first-order valence-corrected chi connectivity index (χ1v) is 5.66. The molecule has 0 aromatic heterocycles. The van der Waals surface area contributed by atoms with E-state index in [1.807, 2.05) is 0 Å². The fourth-order valence-electron chi connectivity index (χ4n) is 1.81. The number of halogens is 2. The van der Waals surface area contributed by atoms with Crippen LogP contribution in [0.4, 0.5) is 0 Å². The molecule has 0 spiro atoms. The van der Waals surface area contributed by atoms with Crippen LogP contribution in [0.3, 0.4) is 0 Å². The lowest BCUT2D eigenvalue weighted by atomic mass is 9.79. The smallest absolute Gasteiger partial charge is 0.323 e. The molecule has 0 saturated carbocycles. The number of ether oxygens (including phenoxy) is 2. The minimum Gasteiger partial charge on any atom is -0.468 e. The van der Waals surface area contributed by atoms with Crippen molar-refractivity contribution in [1.29, 1.82) is 0 Å². The Labute approximate surface area is 126 Å². The van der Waals surface area contributed by atoms with Gasteiger partial charge in [0.05, 0.1) is 14.2 Å². The van der Waals surface area contributed by atoms with E-state index in [0.29, 0.717) is 38.8 Å². The van der Waals surface area contributed by atoms with Crippen LogP contribution in [0.1, 0.15) is 25.7 Å². The maximum absolute atomic E-state index is 11.8. The topological polar surface area (TPSA) is 105 Å². The lowest BCUT2D eigenvalue weighted by Gasteiger charge is -2.27. The van der Waals surface area contributed by atoms with E-state index in [2.05, 4.69) is 0 Å². The fourth-order valence-corrected chi connectivity index (χ4v) is 1.81. The molecule has 0 amide bonds. The van der Waals surface area contributed by atoms with Crippen LogP contribution < -0.4 is 11.5 Å². The molecule has 6 nitrogen and oxygen atoms in total. The minimum absolute atomic E-state index is 0. The van der Waals surface area contributed by atoms with Crippen LogP contribution in [-0.4, -0.2) is 39.2 Å². The summed E-state index contributed by atoms with van der Waals surface area (Å²) in [4.78, 5) is 23.7. The van der Waals surface area contributed by atoms with Crippen molar-refractivity contribution in [2.45, 2.75) is 25.7 Å². The molecular formula is C11H24Cl2N2O4. The summed E-state index contributed by atoms with van der Waals surface area (Å²) in [5, 5.41) is 0. The normalized spacial score (nSPS) is 9.89. The Hall–Kier alpha value is -0.560. The van der Waals surface area contributed by atoms with Gasteiger partial charge in [0.1, 0.15) is 0 Å². The van der Waals surface area contributed by atoms with Crippen LogP contribution >= 0.6 is 24.8 Å². The Morgan fingerprint density at radius 1 is 0.895 bits per heavy atom. The number of hydrogen-bond donors (Lipinski definition) is 2. The average Bonchev–Trinajstić information content (AvgIpc) is 2.37. The Kier molecular flexibility index (Phi) is 15.4. The maximum atomic E-state index is 11.8. The summed E-state index contributed by atoms with van der Waals surface area (Å²) in [5.74, 6) is -1.16. The van der Waals surface area contributed by atoms with Gasteiger partial charge in [0.25, 0.3) is 0 Å². The molecular weight excluding hydrogens is 295 g/mol. The predicted octanol–water partition coefficient (Wildman–Crippen LogP) is 0.640. The van der Waals surface area contributed by atoms with Gasteiger partial charge >= 0.3 is 11.9 Å². The highest BCUT2D eigenvalue weighted by Crippen LogP contribution is 2.32. The number of esters is 2. The maximum Gasteiger partial charge on any atom is 0.323 e. The van der Waals surface area contributed by atoms with E-state index in [-0.39, 0.29) is 24.8 Å². The Morgan fingerprint density at radius 3 is 1.42 bits per heavy atom. The van der Waals surface area contributed by atoms with E-state index in [9.17, 15) is 9.59 Å². The first-order chi connectivity index (χ1) is 8.08. The lowest BCUT2D eigenvalue weighted by molar-refractivity contribution is -0.170. The number of rotatable bonds is 8. The monoisotopic (exact) mass is 318 g/mol. The second-order valence-corrected chi connectivity index (χ2v) is 3.85. The largest absolute Gasteiger partial charge is 0.468 e. The summed E-state index contributed by atoms with van der Waals surface area (Å²) < 4.78 is 9.42. The third-order valence-corrected chi connectivity index (χ3v) is 2.77. The summed E-state index contributed by atoms with van der Waals surface area (Å²) in [6, 6.07) is 0. The zero-order valence-corrected chi connectivity index (χ0v) is 13.0. The Balaban J connectivity index is -0.00000128. The van der Waals surface area contributed by atoms with Crippen LogP contribution in [0.25, 0.3) is 0 Å². The molecule has 8 heteroatoms. The summed E-state index contributed by atoms with van der Waals surface area (Å²) in [5.41, 5.74) is 9.58. The molecule has 0 aromatic rings. The first kappa shape index (κ1) is 23.5. The van der Waals surface area contributed by atoms with Crippen molar-refractivity contribution in [3.8, 4) is 0 Å². The highest BCUT2D eigenvalue weighted by Gasteiger charge is 2.47. The van der Waals surface area contributed by atoms with Crippen LogP contribution in [-0.2, 0) is 19.1 Å². The van der Waals surface area contributed by atoms with E-state index in [0.717, 1.165) is 0 Å². The van der Waals surface area contributed by atoms with Crippen LogP contribution in [0.15, 0.2) is 0 Å². The Morgan fingerprint density at radius 2 is 1.21 bits per heavy atom. The second-order valence-electron chi connectivity index (χ2n) is 3.85. The number of nitrogens with two attached hydrogens (primary N) is 2. The fraction of sp³-hybridized carbons (Fsp3) is 0.818. The predicted molar refractivity (Wildman–Crippen MR) is 77.5 cm³/mol. The zero-order valence-electron chi connectivity index (χ0n) is 11.3. The molecule has 0 radical (unpaired) electrons. The molecule has 0 fully saturated rings. The molecule has 0 aliphatic rings. The molecule has 19 heavy (non-hydrogen) atoms. The number of carbonyl (C=O) groups is 2. The summed E-state index contributed by atoms with van der Waals surface area (Å²) >= 11 is 0. The van der Waals surface area contributed by atoms with Crippen molar-refractivity contribution in [3.63, 3.8) is 0 Å². The summed E-state index contributed by atoms with van der Waals surface area (Å²) in [6.07, 6.45) is 1.75. The van der Waals surface area contributed by atoms with Gasteiger partial charge in [-0.1, -0.05) is 0 Å². The van der Waals surface area contributed by atoms with E-state index in [4.69, 9.17) is 20.9 Å². The van der Waals surface area contributed by atoms with E-state index >= 15 is 0 Å². The molecule has 116 valence electrons. The van der Waals surface area contributed by atoms with Gasteiger partial charge in [0.15, 0.2) is 5.41 Å². The highest BCUT2D eigenvalue weighted by molar-refractivity contribution is 5.99. The molecule has 0 aliphatic carbocycles. The van der Waals surface area contributed by atoms with E-state index in [1.54, 1.807) is 0 Å². The van der Waals surface area contributed by atoms with Crippen molar-refractivity contribution >= 4 is 36.8 Å². The van der Waals surface area contributed by atoms with Crippen molar-refractivity contribution in [2.75, 3.05) is 27.3 Å². The number of carbonyl (C=O) groups excluding carboxylic acids is 2. The molecule has 0 atom stereocenters. The van der Waals surface area contributed by atoms with E-state index < -0.39 is 17.4 Å². The zero-order chi connectivity index (χ0) is 13.3. The molecule has 0 rings (SSSR count). The van der Waals surface area contributed by atoms with Crippen molar-refractivity contribution < 1.29 is 19.1 Å². The average molecular weight is 319 g/mol. The van der Waals surface area contributed by atoms with Gasteiger partial charge in [-0.05, 0) is 38.8 Å². The second kappa shape index (κ2) is 12.5. The quantitative estimate of drug-likeness (QED) is 0.502. The van der Waals surface area contributed by atoms with Gasteiger partial charge < -0.3 is 20.9 Å². The van der Waals surface area contributed by atoms with Gasteiger partial charge in [0, 0.05) is 0 Å². The molecule has 0 unspecified atom stereocenters. The Bertz CT molecular complexity index is 239. The van der Waals surface area contributed by atoms with Gasteiger partial charge in [-0.15, -0.1) is 24.8 Å². The van der Waals surface area contributed by atoms with Crippen molar-refractivity contribution in [2.24, 2.45) is 16.9 Å². The summed E-state index contributed by atoms with van der Waals surface area (Å²) in [7, 11) is 2.51. The van der Waals surface area contributed by atoms with Gasteiger partial charge in [-0.3, -0.25) is 9.59 Å². The number of methoxy groups -OCH3 is 2. The molecule has 0 heterocycles. The molecule has 0 bridgehead atoms. The minimum atomic E-state index is -1.26. The molecule has 4 N–H and O–H groups in total. The van der Waals surface area contributed by atoms with Gasteiger partial charge in [-0.25, -0.2) is 0 Å². The number of hydrogen-bond acceptors (Lipinski definition) is 6. The van der Waals surface area contributed by atoms with Crippen LogP contribution in [0, 0.1) is 5.41 Å². The van der Waals surface area contributed by atoms with Crippen LogP contribution in [0.5, 0.6) is 0 Å². The van der Waals surface area contributed by atoms with Gasteiger partial charge in [-0.2, -0.15) is 0 Å². The van der Waals surface area contributed by atoms with Crippen molar-refractivity contribution in [3.05, 3.63) is 0 Å². The molecule has 0 aromatic carbocycles. The van der Waals surface area contributed by atoms with Gasteiger partial charge in [0.2, 0.25) is 0 Å².